The van der Waals surface area contributed by atoms with Crippen molar-refractivity contribution in [2.75, 3.05) is 26.8 Å². The molecular formula is C17H21N3O2. The van der Waals surface area contributed by atoms with Crippen LogP contribution in [-0.4, -0.2) is 47.8 Å². The lowest BCUT2D eigenvalue weighted by molar-refractivity contribution is -0.134. The van der Waals surface area contributed by atoms with Crippen LogP contribution in [0, 0.1) is 6.92 Å². The van der Waals surface area contributed by atoms with Crippen LogP contribution < -0.4 is 0 Å². The molecule has 1 aromatic heterocycles. The van der Waals surface area contributed by atoms with Crippen molar-refractivity contribution in [3.05, 3.63) is 41.6 Å². The van der Waals surface area contributed by atoms with Crippen LogP contribution in [0.5, 0.6) is 0 Å². The number of hydrogen-bond donors (Lipinski definition) is 1. The fourth-order valence-electron chi connectivity index (χ4n) is 2.87. The monoisotopic (exact) mass is 299 g/mol. The predicted octanol–water partition coefficient (Wildman–Crippen LogP) is 2.35. The van der Waals surface area contributed by atoms with Crippen molar-refractivity contribution < 1.29 is 9.53 Å². The number of nitrogens with one attached hydrogen (secondary N) is 1. The third-order valence-corrected chi connectivity index (χ3v) is 4.19. The Kier molecular flexibility index (Phi) is 4.24. The molecule has 1 aliphatic rings. The summed E-state index contributed by atoms with van der Waals surface area (Å²) in [6, 6.07) is 10.4. The van der Waals surface area contributed by atoms with Gasteiger partial charge in [-0.1, -0.05) is 29.8 Å². The number of rotatable bonds is 4. The van der Waals surface area contributed by atoms with E-state index >= 15 is 0 Å². The number of nitrogens with zero attached hydrogens (tertiary/aromatic N) is 2. The number of methoxy groups -OCH3 is 1. The summed E-state index contributed by atoms with van der Waals surface area (Å²) in [4.78, 5) is 13.7. The molecule has 0 bridgehead atoms. The molecule has 0 spiro atoms. The van der Waals surface area contributed by atoms with Gasteiger partial charge in [0.05, 0.1) is 5.69 Å². The van der Waals surface area contributed by atoms with E-state index < -0.39 is 0 Å². The van der Waals surface area contributed by atoms with Crippen LogP contribution in [0.3, 0.4) is 0 Å². The van der Waals surface area contributed by atoms with E-state index in [1.165, 1.54) is 5.56 Å². The maximum Gasteiger partial charge on any atom is 0.248 e. The van der Waals surface area contributed by atoms with E-state index in [9.17, 15) is 4.79 Å². The first kappa shape index (κ1) is 14.8. The number of ether oxygens (including phenoxy) is 1. The zero-order valence-corrected chi connectivity index (χ0v) is 13.0. The number of carbonyl (C=O) groups is 1. The van der Waals surface area contributed by atoms with Crippen LogP contribution in [0.4, 0.5) is 0 Å². The first-order valence-electron chi connectivity index (χ1n) is 7.56. The standard InChI is InChI=1S/C17H21N3O2/c1-12-3-5-13(6-4-12)15-9-16(19-18-15)14-7-8-20(10-14)17(21)11-22-2/h3-6,9,14H,7-8,10-11H2,1-2H3,(H,18,19). The maximum atomic E-state index is 11.9. The molecule has 0 radical (unpaired) electrons. The van der Waals surface area contributed by atoms with E-state index in [-0.39, 0.29) is 12.5 Å². The number of benzene rings is 1. The summed E-state index contributed by atoms with van der Waals surface area (Å²) < 4.78 is 4.92. The normalized spacial score (nSPS) is 17.9. The smallest absolute Gasteiger partial charge is 0.248 e. The van der Waals surface area contributed by atoms with Crippen molar-refractivity contribution in [2.24, 2.45) is 0 Å². The second-order valence-corrected chi connectivity index (χ2v) is 5.83. The zero-order valence-electron chi connectivity index (χ0n) is 13.0. The van der Waals surface area contributed by atoms with Crippen molar-refractivity contribution in [1.82, 2.24) is 15.1 Å². The van der Waals surface area contributed by atoms with Gasteiger partial charge in [-0.25, -0.2) is 0 Å². The molecule has 1 N–H and O–H groups in total. The minimum absolute atomic E-state index is 0.0586. The van der Waals surface area contributed by atoms with E-state index in [0.717, 1.165) is 36.5 Å². The SMILES string of the molecule is COCC(=O)N1CCC(c2cc(-c3ccc(C)cc3)n[nH]2)C1. The van der Waals surface area contributed by atoms with Gasteiger partial charge in [-0.3, -0.25) is 9.89 Å². The van der Waals surface area contributed by atoms with E-state index in [1.54, 1.807) is 7.11 Å². The highest BCUT2D eigenvalue weighted by Crippen LogP contribution is 2.28. The van der Waals surface area contributed by atoms with Crippen LogP contribution in [-0.2, 0) is 9.53 Å². The Morgan fingerprint density at radius 3 is 2.91 bits per heavy atom. The van der Waals surface area contributed by atoms with Gasteiger partial charge in [-0.2, -0.15) is 5.10 Å². The molecule has 1 atom stereocenters. The number of hydrogen-bond acceptors (Lipinski definition) is 3. The summed E-state index contributed by atoms with van der Waals surface area (Å²) in [5, 5.41) is 7.55. The molecule has 3 rings (SSSR count). The number of aromatic amines is 1. The molecule has 5 heteroatoms. The molecule has 1 amide bonds. The van der Waals surface area contributed by atoms with Crippen molar-refractivity contribution >= 4 is 5.91 Å². The second-order valence-electron chi connectivity index (χ2n) is 5.83. The number of H-pyrrole nitrogens is 1. The fraction of sp³-hybridized carbons (Fsp3) is 0.412. The third kappa shape index (κ3) is 3.04. The summed E-state index contributed by atoms with van der Waals surface area (Å²) in [5.41, 5.74) is 4.40. The topological polar surface area (TPSA) is 58.2 Å². The van der Waals surface area contributed by atoms with Crippen LogP contribution >= 0.6 is 0 Å². The van der Waals surface area contributed by atoms with Crippen LogP contribution in [0.25, 0.3) is 11.3 Å². The van der Waals surface area contributed by atoms with Gasteiger partial charge in [0.15, 0.2) is 0 Å². The third-order valence-electron chi connectivity index (χ3n) is 4.19. The quantitative estimate of drug-likeness (QED) is 0.943. The fourth-order valence-corrected chi connectivity index (χ4v) is 2.87. The maximum absolute atomic E-state index is 11.9. The minimum atomic E-state index is 0.0586. The number of amides is 1. The van der Waals surface area contributed by atoms with E-state index in [1.807, 2.05) is 4.90 Å². The molecule has 22 heavy (non-hydrogen) atoms. The summed E-state index contributed by atoms with van der Waals surface area (Å²) >= 11 is 0. The highest BCUT2D eigenvalue weighted by molar-refractivity contribution is 5.77. The first-order valence-corrected chi connectivity index (χ1v) is 7.56. The predicted molar refractivity (Wildman–Crippen MR) is 84.6 cm³/mol. The molecule has 1 saturated heterocycles. The van der Waals surface area contributed by atoms with Crippen molar-refractivity contribution in [1.29, 1.82) is 0 Å². The van der Waals surface area contributed by atoms with Crippen LogP contribution in [0.1, 0.15) is 23.6 Å². The van der Waals surface area contributed by atoms with Gasteiger partial charge in [-0.15, -0.1) is 0 Å². The molecule has 0 aliphatic carbocycles. The molecule has 1 aliphatic heterocycles. The van der Waals surface area contributed by atoms with Crippen molar-refractivity contribution in [3.63, 3.8) is 0 Å². The lowest BCUT2D eigenvalue weighted by Gasteiger charge is -2.15. The molecule has 5 nitrogen and oxygen atoms in total. The van der Waals surface area contributed by atoms with Gasteiger partial charge in [0.2, 0.25) is 5.91 Å². The molecular weight excluding hydrogens is 278 g/mol. The number of likely N-dealkylation sites (tertiary alicyclic amines) is 1. The Balaban J connectivity index is 1.69. The Labute approximate surface area is 130 Å². The number of aryl methyl sites for hydroxylation is 1. The molecule has 116 valence electrons. The van der Waals surface area contributed by atoms with Gasteiger partial charge in [0, 0.05) is 37.4 Å². The molecule has 2 aromatic rings. The van der Waals surface area contributed by atoms with Gasteiger partial charge in [0.25, 0.3) is 0 Å². The highest BCUT2D eigenvalue weighted by atomic mass is 16.5. The average Bonchev–Trinajstić information content (AvgIpc) is 3.17. The zero-order chi connectivity index (χ0) is 15.5. The Morgan fingerprint density at radius 1 is 1.41 bits per heavy atom. The van der Waals surface area contributed by atoms with Gasteiger partial charge in [-0.05, 0) is 19.4 Å². The first-order chi connectivity index (χ1) is 10.7. The molecule has 1 aromatic carbocycles. The lowest BCUT2D eigenvalue weighted by Crippen LogP contribution is -2.31. The summed E-state index contributed by atoms with van der Waals surface area (Å²) in [7, 11) is 1.55. The summed E-state index contributed by atoms with van der Waals surface area (Å²) in [6.07, 6.45) is 0.963. The number of aromatic nitrogens is 2. The van der Waals surface area contributed by atoms with E-state index in [2.05, 4.69) is 47.5 Å². The molecule has 1 fully saturated rings. The van der Waals surface area contributed by atoms with Crippen LogP contribution in [0.15, 0.2) is 30.3 Å². The number of carbonyl (C=O) groups excluding carboxylic acids is 1. The Bertz CT molecular complexity index is 648. The van der Waals surface area contributed by atoms with Crippen molar-refractivity contribution in [2.45, 2.75) is 19.3 Å². The van der Waals surface area contributed by atoms with Crippen LogP contribution in [0.2, 0.25) is 0 Å². The average molecular weight is 299 g/mol. The minimum Gasteiger partial charge on any atom is -0.375 e. The lowest BCUT2D eigenvalue weighted by atomic mass is 10.0. The highest BCUT2D eigenvalue weighted by Gasteiger charge is 2.28. The second kappa shape index (κ2) is 6.32. The molecule has 1 unspecified atom stereocenters. The van der Waals surface area contributed by atoms with E-state index in [4.69, 9.17) is 4.74 Å². The van der Waals surface area contributed by atoms with Gasteiger partial charge >= 0.3 is 0 Å². The Morgan fingerprint density at radius 2 is 2.18 bits per heavy atom. The summed E-state index contributed by atoms with van der Waals surface area (Å²) in [6.45, 7) is 3.75. The summed E-state index contributed by atoms with van der Waals surface area (Å²) in [5.74, 6) is 0.385. The molecule has 0 saturated carbocycles. The Hall–Kier alpha value is -2.14. The largest absolute Gasteiger partial charge is 0.375 e. The molecule has 2 heterocycles. The van der Waals surface area contributed by atoms with E-state index in [0.29, 0.717) is 5.92 Å². The van der Waals surface area contributed by atoms with Gasteiger partial charge in [0.1, 0.15) is 6.61 Å². The van der Waals surface area contributed by atoms with Crippen molar-refractivity contribution in [3.8, 4) is 11.3 Å². The van der Waals surface area contributed by atoms with Gasteiger partial charge < -0.3 is 9.64 Å².